The standard InChI is InChI=1S/C13H10FNO5/c1-2-19-13(18)10-9(12(17)20-15-10)11(16)7-4-3-5-8(14)6-7/h3-6,15H,2H2,1H3. The van der Waals surface area contributed by atoms with Gasteiger partial charge in [-0.05, 0) is 19.1 Å². The minimum Gasteiger partial charge on any atom is -0.461 e. The first-order valence-electron chi connectivity index (χ1n) is 5.73. The minimum absolute atomic E-state index is 0.0672. The van der Waals surface area contributed by atoms with Gasteiger partial charge in [0.05, 0.1) is 6.61 Å². The summed E-state index contributed by atoms with van der Waals surface area (Å²) < 4.78 is 22.2. The van der Waals surface area contributed by atoms with Crippen LogP contribution in [0.15, 0.2) is 33.6 Å². The van der Waals surface area contributed by atoms with E-state index in [9.17, 15) is 18.8 Å². The van der Waals surface area contributed by atoms with Gasteiger partial charge in [0.1, 0.15) is 11.4 Å². The van der Waals surface area contributed by atoms with Gasteiger partial charge >= 0.3 is 11.6 Å². The lowest BCUT2D eigenvalue weighted by Crippen LogP contribution is -2.17. The molecule has 0 amide bonds. The second kappa shape index (κ2) is 5.52. The molecule has 1 aromatic heterocycles. The fourth-order valence-electron chi connectivity index (χ4n) is 1.63. The first-order chi connectivity index (χ1) is 9.54. The van der Waals surface area contributed by atoms with Crippen LogP contribution in [0.2, 0.25) is 0 Å². The molecule has 20 heavy (non-hydrogen) atoms. The maximum absolute atomic E-state index is 13.1. The second-order valence-corrected chi connectivity index (χ2v) is 3.80. The van der Waals surface area contributed by atoms with Crippen molar-refractivity contribution in [3.63, 3.8) is 0 Å². The first-order valence-corrected chi connectivity index (χ1v) is 5.73. The van der Waals surface area contributed by atoms with Crippen LogP contribution in [0, 0.1) is 5.82 Å². The molecule has 0 saturated carbocycles. The number of rotatable bonds is 4. The zero-order valence-electron chi connectivity index (χ0n) is 10.4. The van der Waals surface area contributed by atoms with Gasteiger partial charge in [-0.3, -0.25) is 4.79 Å². The van der Waals surface area contributed by atoms with Gasteiger partial charge in [-0.15, -0.1) is 0 Å². The third-order valence-electron chi connectivity index (χ3n) is 2.49. The maximum atomic E-state index is 13.1. The molecule has 0 radical (unpaired) electrons. The normalized spacial score (nSPS) is 10.3. The van der Waals surface area contributed by atoms with Crippen molar-refractivity contribution in [2.75, 3.05) is 6.61 Å². The third-order valence-corrected chi connectivity index (χ3v) is 2.49. The first kappa shape index (κ1) is 13.7. The molecule has 1 N–H and O–H groups in total. The molecule has 0 bridgehead atoms. The number of ketones is 1. The number of ether oxygens (including phenoxy) is 1. The average Bonchev–Trinajstić information content (AvgIpc) is 2.80. The van der Waals surface area contributed by atoms with Gasteiger partial charge in [-0.1, -0.05) is 12.1 Å². The van der Waals surface area contributed by atoms with Crippen LogP contribution in [-0.4, -0.2) is 23.5 Å². The fraction of sp³-hybridized carbons (Fsp3) is 0.154. The summed E-state index contributed by atoms with van der Waals surface area (Å²) in [4.78, 5) is 35.3. The number of H-pyrrole nitrogens is 1. The van der Waals surface area contributed by atoms with Crippen LogP contribution < -0.4 is 5.63 Å². The molecule has 0 aliphatic carbocycles. The molecule has 0 spiro atoms. The van der Waals surface area contributed by atoms with E-state index < -0.39 is 28.8 Å². The molecule has 0 unspecified atom stereocenters. The molecule has 7 heteroatoms. The van der Waals surface area contributed by atoms with Gasteiger partial charge < -0.3 is 9.26 Å². The van der Waals surface area contributed by atoms with E-state index in [0.717, 1.165) is 12.1 Å². The van der Waals surface area contributed by atoms with Crippen molar-refractivity contribution in [1.82, 2.24) is 5.16 Å². The molecule has 2 rings (SSSR count). The Hall–Kier alpha value is -2.70. The van der Waals surface area contributed by atoms with E-state index in [2.05, 4.69) is 4.52 Å². The Morgan fingerprint density at radius 1 is 1.40 bits per heavy atom. The van der Waals surface area contributed by atoms with E-state index in [0.29, 0.717) is 0 Å². The zero-order chi connectivity index (χ0) is 14.7. The van der Waals surface area contributed by atoms with Gasteiger partial charge in [0.15, 0.2) is 5.69 Å². The van der Waals surface area contributed by atoms with Crippen molar-refractivity contribution in [2.45, 2.75) is 6.92 Å². The summed E-state index contributed by atoms with van der Waals surface area (Å²) in [7, 11) is 0. The van der Waals surface area contributed by atoms with E-state index in [1.807, 2.05) is 5.16 Å². The molecule has 1 heterocycles. The molecular formula is C13H10FNO5. The zero-order valence-corrected chi connectivity index (χ0v) is 10.4. The highest BCUT2D eigenvalue weighted by molar-refractivity contribution is 6.13. The molecule has 104 valence electrons. The summed E-state index contributed by atoms with van der Waals surface area (Å²) in [6.07, 6.45) is 0. The second-order valence-electron chi connectivity index (χ2n) is 3.80. The van der Waals surface area contributed by atoms with Crippen molar-refractivity contribution >= 4 is 11.8 Å². The molecule has 2 aromatic rings. The maximum Gasteiger partial charge on any atom is 0.369 e. The summed E-state index contributed by atoms with van der Waals surface area (Å²) in [6, 6.07) is 4.76. The number of halogens is 1. The summed E-state index contributed by atoms with van der Waals surface area (Å²) in [5, 5.41) is 2.05. The quantitative estimate of drug-likeness (QED) is 0.677. The monoisotopic (exact) mass is 279 g/mol. The van der Waals surface area contributed by atoms with Gasteiger partial charge in [0, 0.05) is 5.56 Å². The van der Waals surface area contributed by atoms with Crippen LogP contribution >= 0.6 is 0 Å². The van der Waals surface area contributed by atoms with Crippen molar-refractivity contribution in [2.24, 2.45) is 0 Å². The lowest BCUT2D eigenvalue weighted by Gasteiger charge is -2.01. The van der Waals surface area contributed by atoms with Crippen LogP contribution in [0.5, 0.6) is 0 Å². The van der Waals surface area contributed by atoms with Gasteiger partial charge in [-0.25, -0.2) is 19.1 Å². The molecule has 1 aromatic carbocycles. The van der Waals surface area contributed by atoms with Crippen LogP contribution in [0.3, 0.4) is 0 Å². The summed E-state index contributed by atoms with van der Waals surface area (Å²) >= 11 is 0. The third kappa shape index (κ3) is 2.51. The lowest BCUT2D eigenvalue weighted by atomic mass is 10.0. The Morgan fingerprint density at radius 3 is 2.80 bits per heavy atom. The van der Waals surface area contributed by atoms with Crippen LogP contribution in [0.1, 0.15) is 33.3 Å². The predicted octanol–water partition coefficient (Wildman–Crippen LogP) is 1.51. The van der Waals surface area contributed by atoms with Gasteiger partial charge in [-0.2, -0.15) is 0 Å². The molecule has 0 aliphatic rings. The topological polar surface area (TPSA) is 89.4 Å². The minimum atomic E-state index is -1.01. The molecule has 0 fully saturated rings. The number of carbonyl (C=O) groups is 2. The summed E-state index contributed by atoms with van der Waals surface area (Å²) in [5.41, 5.74) is -1.97. The summed E-state index contributed by atoms with van der Waals surface area (Å²) in [5.74, 6) is -2.34. The Morgan fingerprint density at radius 2 is 2.15 bits per heavy atom. The molecule has 0 atom stereocenters. The van der Waals surface area contributed by atoms with Crippen molar-refractivity contribution in [3.8, 4) is 0 Å². The highest BCUT2D eigenvalue weighted by Crippen LogP contribution is 2.12. The Balaban J connectivity index is 2.47. The Kier molecular flexibility index (Phi) is 3.79. The van der Waals surface area contributed by atoms with Crippen LogP contribution in [-0.2, 0) is 4.74 Å². The number of hydrogen-bond acceptors (Lipinski definition) is 5. The molecule has 0 saturated heterocycles. The van der Waals surface area contributed by atoms with Crippen molar-refractivity contribution in [3.05, 3.63) is 57.3 Å². The van der Waals surface area contributed by atoms with Crippen molar-refractivity contribution < 1.29 is 23.2 Å². The highest BCUT2D eigenvalue weighted by atomic mass is 19.1. The number of benzene rings is 1. The van der Waals surface area contributed by atoms with E-state index in [-0.39, 0.29) is 17.9 Å². The Bertz CT molecular complexity index is 716. The lowest BCUT2D eigenvalue weighted by molar-refractivity contribution is 0.0512. The fourth-order valence-corrected chi connectivity index (χ4v) is 1.63. The van der Waals surface area contributed by atoms with E-state index >= 15 is 0 Å². The number of hydrogen-bond donors (Lipinski definition) is 1. The van der Waals surface area contributed by atoms with Crippen molar-refractivity contribution in [1.29, 1.82) is 0 Å². The van der Waals surface area contributed by atoms with Gasteiger partial charge in [0.25, 0.3) is 0 Å². The average molecular weight is 279 g/mol. The molecular weight excluding hydrogens is 269 g/mol. The predicted molar refractivity (Wildman–Crippen MR) is 65.1 cm³/mol. The number of esters is 1. The number of aromatic amines is 1. The van der Waals surface area contributed by atoms with E-state index in [4.69, 9.17) is 4.74 Å². The highest BCUT2D eigenvalue weighted by Gasteiger charge is 2.27. The number of nitrogens with one attached hydrogen (secondary N) is 1. The summed E-state index contributed by atoms with van der Waals surface area (Å²) in [6.45, 7) is 1.64. The Labute approximate surface area is 112 Å². The smallest absolute Gasteiger partial charge is 0.369 e. The number of aromatic nitrogens is 1. The molecule has 6 nitrogen and oxygen atoms in total. The van der Waals surface area contributed by atoms with E-state index in [1.54, 1.807) is 6.92 Å². The van der Waals surface area contributed by atoms with E-state index in [1.165, 1.54) is 12.1 Å². The number of carbonyl (C=O) groups excluding carboxylic acids is 2. The molecule has 0 aliphatic heterocycles. The SMILES string of the molecule is CCOC(=O)c1[nH]oc(=O)c1C(=O)c1cccc(F)c1. The van der Waals surface area contributed by atoms with Gasteiger partial charge in [0.2, 0.25) is 5.78 Å². The van der Waals surface area contributed by atoms with Crippen LogP contribution in [0.25, 0.3) is 0 Å². The van der Waals surface area contributed by atoms with Crippen LogP contribution in [0.4, 0.5) is 4.39 Å². The largest absolute Gasteiger partial charge is 0.461 e.